The minimum Gasteiger partial charge on any atom is -0.477 e. The van der Waals surface area contributed by atoms with Crippen LogP contribution in [0.4, 0.5) is 5.82 Å². The van der Waals surface area contributed by atoms with E-state index >= 15 is 0 Å². The number of anilines is 1. The van der Waals surface area contributed by atoms with Crippen LogP contribution >= 0.6 is 11.8 Å². The maximum Gasteiger partial charge on any atom is 0.341 e. The van der Waals surface area contributed by atoms with Crippen molar-refractivity contribution >= 4 is 29.2 Å². The Morgan fingerprint density at radius 3 is 3.00 bits per heavy atom. The van der Waals surface area contributed by atoms with E-state index in [1.807, 2.05) is 6.26 Å². The molecule has 2 aromatic rings. The van der Waals surface area contributed by atoms with E-state index in [1.165, 1.54) is 22.5 Å². The molecule has 0 aliphatic heterocycles. The largest absolute Gasteiger partial charge is 0.477 e. The van der Waals surface area contributed by atoms with E-state index < -0.39 is 5.97 Å². The summed E-state index contributed by atoms with van der Waals surface area (Å²) in [6.07, 6.45) is 3.11. The Kier molecular flexibility index (Phi) is 2.24. The minimum atomic E-state index is -1.11. The van der Waals surface area contributed by atoms with Crippen LogP contribution in [0.3, 0.4) is 0 Å². The SMILES string of the molecule is CSc1cc2ncc(C(=O)O)c(N)n2n1. The smallest absolute Gasteiger partial charge is 0.341 e. The zero-order valence-electron chi connectivity index (χ0n) is 7.84. The van der Waals surface area contributed by atoms with Gasteiger partial charge in [0.1, 0.15) is 16.4 Å². The average molecular weight is 224 g/mol. The summed E-state index contributed by atoms with van der Waals surface area (Å²) < 4.78 is 1.33. The highest BCUT2D eigenvalue weighted by atomic mass is 32.2. The number of carboxylic acid groups (broad SMARTS) is 1. The zero-order chi connectivity index (χ0) is 11.0. The van der Waals surface area contributed by atoms with Gasteiger partial charge in [0.2, 0.25) is 0 Å². The molecule has 0 amide bonds. The van der Waals surface area contributed by atoms with Gasteiger partial charge in [-0.3, -0.25) is 0 Å². The first-order valence-electron chi connectivity index (χ1n) is 4.05. The van der Waals surface area contributed by atoms with Crippen LogP contribution in [0.15, 0.2) is 17.3 Å². The minimum absolute atomic E-state index is 0.0433. The van der Waals surface area contributed by atoms with Crippen LogP contribution in [0.2, 0.25) is 0 Å². The summed E-state index contributed by atoms with van der Waals surface area (Å²) in [6.45, 7) is 0. The lowest BCUT2D eigenvalue weighted by atomic mass is 10.3. The molecule has 6 nitrogen and oxygen atoms in total. The maximum absolute atomic E-state index is 10.8. The molecule has 7 heteroatoms. The van der Waals surface area contributed by atoms with Gasteiger partial charge >= 0.3 is 5.97 Å². The average Bonchev–Trinajstić information content (AvgIpc) is 2.61. The monoisotopic (exact) mass is 224 g/mol. The van der Waals surface area contributed by atoms with Crippen LogP contribution in [-0.2, 0) is 0 Å². The number of fused-ring (bicyclic) bond motifs is 1. The number of carbonyl (C=O) groups is 1. The van der Waals surface area contributed by atoms with Gasteiger partial charge in [0, 0.05) is 12.3 Å². The van der Waals surface area contributed by atoms with Crippen molar-refractivity contribution in [3.63, 3.8) is 0 Å². The molecule has 78 valence electrons. The number of hydrogen-bond donors (Lipinski definition) is 2. The molecule has 0 bridgehead atoms. The molecule has 0 radical (unpaired) electrons. The molecule has 2 aromatic heterocycles. The number of thioether (sulfide) groups is 1. The first kappa shape index (κ1) is 9.78. The second-order valence-corrected chi connectivity index (χ2v) is 3.65. The Balaban J connectivity index is 2.72. The summed E-state index contributed by atoms with van der Waals surface area (Å²) in [6, 6.07) is 1.74. The molecule has 2 heterocycles. The van der Waals surface area contributed by atoms with Crippen LogP contribution in [0.1, 0.15) is 10.4 Å². The highest BCUT2D eigenvalue weighted by Crippen LogP contribution is 2.18. The lowest BCUT2D eigenvalue weighted by Crippen LogP contribution is -2.09. The lowest BCUT2D eigenvalue weighted by molar-refractivity contribution is 0.0697. The predicted molar refractivity (Wildman–Crippen MR) is 56.1 cm³/mol. The van der Waals surface area contributed by atoms with Gasteiger partial charge in [-0.25, -0.2) is 9.78 Å². The molecule has 0 unspecified atom stereocenters. The van der Waals surface area contributed by atoms with E-state index in [9.17, 15) is 4.79 Å². The number of aromatic carboxylic acids is 1. The Labute approximate surface area is 89.1 Å². The number of carboxylic acids is 1. The third-order valence-electron chi connectivity index (χ3n) is 1.94. The molecule has 0 aliphatic rings. The van der Waals surface area contributed by atoms with Crippen LogP contribution in [0.25, 0.3) is 5.65 Å². The fourth-order valence-corrected chi connectivity index (χ4v) is 1.58. The van der Waals surface area contributed by atoms with Crippen molar-refractivity contribution in [1.82, 2.24) is 14.6 Å². The third kappa shape index (κ3) is 1.50. The fraction of sp³-hybridized carbons (Fsp3) is 0.125. The van der Waals surface area contributed by atoms with Crippen molar-refractivity contribution < 1.29 is 9.90 Å². The van der Waals surface area contributed by atoms with Gasteiger partial charge in [0.05, 0.1) is 0 Å². The van der Waals surface area contributed by atoms with Gasteiger partial charge in [-0.05, 0) is 6.26 Å². The van der Waals surface area contributed by atoms with Gasteiger partial charge in [-0.1, -0.05) is 0 Å². The number of hydrogen-bond acceptors (Lipinski definition) is 5. The normalized spacial score (nSPS) is 10.7. The molecule has 0 aromatic carbocycles. The molecule has 0 spiro atoms. The number of nitrogens with two attached hydrogens (primary N) is 1. The van der Waals surface area contributed by atoms with Crippen molar-refractivity contribution in [1.29, 1.82) is 0 Å². The molecule has 0 aliphatic carbocycles. The molecular formula is C8H8N4O2S. The number of nitrogens with zero attached hydrogens (tertiary/aromatic N) is 3. The van der Waals surface area contributed by atoms with Crippen molar-refractivity contribution in [2.75, 3.05) is 12.0 Å². The topological polar surface area (TPSA) is 93.5 Å². The molecule has 3 N–H and O–H groups in total. The van der Waals surface area contributed by atoms with Gasteiger partial charge in [0.25, 0.3) is 0 Å². The third-order valence-corrected chi connectivity index (χ3v) is 2.56. The van der Waals surface area contributed by atoms with E-state index in [0.29, 0.717) is 5.65 Å². The van der Waals surface area contributed by atoms with E-state index in [1.54, 1.807) is 6.07 Å². The zero-order valence-corrected chi connectivity index (χ0v) is 8.65. The summed E-state index contributed by atoms with van der Waals surface area (Å²) in [7, 11) is 0. The molecule has 0 saturated carbocycles. The maximum atomic E-state index is 10.8. The molecule has 0 fully saturated rings. The van der Waals surface area contributed by atoms with E-state index in [2.05, 4.69) is 10.1 Å². The molecular weight excluding hydrogens is 216 g/mol. The quantitative estimate of drug-likeness (QED) is 0.730. The second kappa shape index (κ2) is 3.43. The van der Waals surface area contributed by atoms with Gasteiger partial charge in [0.15, 0.2) is 5.65 Å². The Hall–Kier alpha value is -1.76. The standard InChI is InChI=1S/C8H8N4O2S/c1-15-6-2-5-10-3-4(8(13)14)7(9)12(5)11-6/h2-3H,9H2,1H3,(H,13,14). The first-order valence-corrected chi connectivity index (χ1v) is 5.27. The number of nitrogen functional groups attached to an aromatic ring is 1. The summed E-state index contributed by atoms with van der Waals surface area (Å²) in [5.41, 5.74) is 6.16. The van der Waals surface area contributed by atoms with Gasteiger partial charge < -0.3 is 10.8 Å². The van der Waals surface area contributed by atoms with E-state index in [0.717, 1.165) is 5.03 Å². The van der Waals surface area contributed by atoms with Crippen molar-refractivity contribution in [2.24, 2.45) is 0 Å². The van der Waals surface area contributed by atoms with Crippen LogP contribution < -0.4 is 5.73 Å². The van der Waals surface area contributed by atoms with E-state index in [4.69, 9.17) is 10.8 Å². The van der Waals surface area contributed by atoms with Crippen LogP contribution in [0, 0.1) is 0 Å². The molecule has 0 atom stereocenters. The number of aromatic nitrogens is 3. The highest BCUT2D eigenvalue weighted by Gasteiger charge is 2.13. The second-order valence-electron chi connectivity index (χ2n) is 2.82. The van der Waals surface area contributed by atoms with Crippen molar-refractivity contribution in [3.05, 3.63) is 17.8 Å². The molecule has 0 saturated heterocycles. The molecule has 2 rings (SSSR count). The Morgan fingerprint density at radius 2 is 2.40 bits per heavy atom. The predicted octanol–water partition coefficient (Wildman–Crippen LogP) is 0.732. The lowest BCUT2D eigenvalue weighted by Gasteiger charge is -2.01. The Morgan fingerprint density at radius 1 is 1.67 bits per heavy atom. The van der Waals surface area contributed by atoms with Crippen LogP contribution in [0.5, 0.6) is 0 Å². The Bertz CT molecular complexity index is 537. The fourth-order valence-electron chi connectivity index (χ4n) is 1.19. The van der Waals surface area contributed by atoms with Gasteiger partial charge in [-0.15, -0.1) is 11.8 Å². The summed E-state index contributed by atoms with van der Waals surface area (Å²) in [5, 5.41) is 13.7. The molecule has 15 heavy (non-hydrogen) atoms. The summed E-state index contributed by atoms with van der Waals surface area (Å²) in [4.78, 5) is 14.7. The summed E-state index contributed by atoms with van der Waals surface area (Å²) in [5.74, 6) is -1.02. The first-order chi connectivity index (χ1) is 7.13. The van der Waals surface area contributed by atoms with Crippen molar-refractivity contribution in [3.8, 4) is 0 Å². The number of rotatable bonds is 2. The van der Waals surface area contributed by atoms with Crippen LogP contribution in [-0.4, -0.2) is 31.9 Å². The van der Waals surface area contributed by atoms with Crippen molar-refractivity contribution in [2.45, 2.75) is 5.03 Å². The van der Waals surface area contributed by atoms with E-state index in [-0.39, 0.29) is 11.4 Å². The summed E-state index contributed by atoms with van der Waals surface area (Å²) >= 11 is 1.44. The van der Waals surface area contributed by atoms with Gasteiger partial charge in [-0.2, -0.15) is 9.61 Å². The highest BCUT2D eigenvalue weighted by molar-refractivity contribution is 7.98.